The van der Waals surface area contributed by atoms with E-state index in [0.29, 0.717) is 18.9 Å². The SMILES string of the molecule is Cc1ccc(-n2nc(C)cc2NC(=O)C[NH+](C)Cc2ccc(F)cc2)cc1. The average Bonchev–Trinajstić information content (AvgIpc) is 2.97. The largest absolute Gasteiger partial charge is 0.326 e. The van der Waals surface area contributed by atoms with Crippen molar-refractivity contribution >= 4 is 11.7 Å². The van der Waals surface area contributed by atoms with E-state index in [2.05, 4.69) is 10.4 Å². The summed E-state index contributed by atoms with van der Waals surface area (Å²) in [6, 6.07) is 16.2. The first-order valence-electron chi connectivity index (χ1n) is 8.90. The topological polar surface area (TPSA) is 51.4 Å². The Morgan fingerprint density at radius 3 is 2.44 bits per heavy atom. The van der Waals surface area contributed by atoms with Gasteiger partial charge in [-0.3, -0.25) is 4.79 Å². The van der Waals surface area contributed by atoms with Crippen molar-refractivity contribution in [3.8, 4) is 5.69 Å². The Labute approximate surface area is 158 Å². The summed E-state index contributed by atoms with van der Waals surface area (Å²) in [5, 5.41) is 7.43. The van der Waals surface area contributed by atoms with E-state index in [1.807, 2.05) is 51.2 Å². The summed E-state index contributed by atoms with van der Waals surface area (Å²) < 4.78 is 14.7. The molecule has 0 aliphatic heterocycles. The minimum Gasteiger partial charge on any atom is -0.326 e. The zero-order valence-electron chi connectivity index (χ0n) is 15.8. The molecule has 1 amide bonds. The van der Waals surface area contributed by atoms with Gasteiger partial charge in [-0.1, -0.05) is 29.8 Å². The predicted molar refractivity (Wildman–Crippen MR) is 104 cm³/mol. The van der Waals surface area contributed by atoms with Crippen LogP contribution in [0.15, 0.2) is 54.6 Å². The van der Waals surface area contributed by atoms with Gasteiger partial charge >= 0.3 is 0 Å². The van der Waals surface area contributed by atoms with Crippen LogP contribution >= 0.6 is 0 Å². The Hall–Kier alpha value is -2.99. The van der Waals surface area contributed by atoms with Crippen molar-refractivity contribution < 1.29 is 14.1 Å². The molecule has 0 spiro atoms. The molecule has 1 heterocycles. The molecule has 3 rings (SSSR count). The number of benzene rings is 2. The summed E-state index contributed by atoms with van der Waals surface area (Å²) in [6.45, 7) is 4.87. The molecule has 2 aromatic carbocycles. The summed E-state index contributed by atoms with van der Waals surface area (Å²) in [6.07, 6.45) is 0. The fourth-order valence-electron chi connectivity index (χ4n) is 2.95. The first kappa shape index (κ1) is 18.8. The van der Waals surface area contributed by atoms with Crippen LogP contribution in [0.3, 0.4) is 0 Å². The Morgan fingerprint density at radius 1 is 1.11 bits per heavy atom. The lowest BCUT2D eigenvalue weighted by molar-refractivity contribution is -0.885. The van der Waals surface area contributed by atoms with Gasteiger partial charge < -0.3 is 10.2 Å². The second-order valence-electron chi connectivity index (χ2n) is 6.90. The molecule has 1 atom stereocenters. The average molecular weight is 367 g/mol. The molecule has 0 radical (unpaired) electrons. The fourth-order valence-corrected chi connectivity index (χ4v) is 2.95. The van der Waals surface area contributed by atoms with Gasteiger partial charge in [0, 0.05) is 11.6 Å². The number of hydrogen-bond acceptors (Lipinski definition) is 2. The smallest absolute Gasteiger partial charge is 0.280 e. The van der Waals surface area contributed by atoms with Crippen LogP contribution in [0, 0.1) is 19.7 Å². The molecule has 0 aliphatic rings. The van der Waals surface area contributed by atoms with E-state index >= 15 is 0 Å². The highest BCUT2D eigenvalue weighted by molar-refractivity contribution is 5.91. The number of nitrogens with zero attached hydrogens (tertiary/aromatic N) is 2. The molecule has 1 aromatic heterocycles. The van der Waals surface area contributed by atoms with Crippen LogP contribution in [0.5, 0.6) is 0 Å². The third-order valence-electron chi connectivity index (χ3n) is 4.26. The van der Waals surface area contributed by atoms with Gasteiger partial charge in [0.15, 0.2) is 6.54 Å². The molecule has 1 unspecified atom stereocenters. The minimum absolute atomic E-state index is 0.0946. The lowest BCUT2D eigenvalue weighted by Crippen LogP contribution is -3.08. The number of aromatic nitrogens is 2. The number of anilines is 1. The summed E-state index contributed by atoms with van der Waals surface area (Å²) in [5.74, 6) is 0.299. The number of carbonyl (C=O) groups excluding carboxylic acids is 1. The zero-order valence-corrected chi connectivity index (χ0v) is 15.8. The standard InChI is InChI=1S/C21H23FN4O/c1-15-4-10-19(11-5-15)26-20(12-16(2)24-26)23-21(27)14-25(3)13-17-6-8-18(22)9-7-17/h4-12H,13-14H2,1-3H3,(H,23,27)/p+1. The van der Waals surface area contributed by atoms with E-state index in [-0.39, 0.29) is 11.7 Å². The van der Waals surface area contributed by atoms with Gasteiger partial charge in [0.25, 0.3) is 5.91 Å². The molecule has 27 heavy (non-hydrogen) atoms. The minimum atomic E-state index is -0.256. The van der Waals surface area contributed by atoms with Crippen LogP contribution in [-0.4, -0.2) is 29.3 Å². The number of rotatable bonds is 6. The molecule has 3 aromatic rings. The molecular formula is C21H24FN4O+. The first-order valence-corrected chi connectivity index (χ1v) is 8.90. The van der Waals surface area contributed by atoms with Crippen molar-refractivity contribution in [2.45, 2.75) is 20.4 Å². The lowest BCUT2D eigenvalue weighted by Gasteiger charge is -2.14. The molecular weight excluding hydrogens is 343 g/mol. The Bertz CT molecular complexity index is 916. The van der Waals surface area contributed by atoms with Gasteiger partial charge in [-0.25, -0.2) is 9.07 Å². The maximum absolute atomic E-state index is 13.0. The van der Waals surface area contributed by atoms with Gasteiger partial charge in [0.05, 0.1) is 18.4 Å². The second kappa shape index (κ2) is 8.14. The fraction of sp³-hybridized carbons (Fsp3) is 0.238. The van der Waals surface area contributed by atoms with E-state index in [4.69, 9.17) is 0 Å². The van der Waals surface area contributed by atoms with Gasteiger partial charge in [0.2, 0.25) is 0 Å². The summed E-state index contributed by atoms with van der Waals surface area (Å²) in [7, 11) is 1.94. The molecule has 5 nitrogen and oxygen atoms in total. The zero-order chi connectivity index (χ0) is 19.4. The summed E-state index contributed by atoms with van der Waals surface area (Å²) >= 11 is 0. The number of aryl methyl sites for hydroxylation is 2. The third kappa shape index (κ3) is 5.01. The number of nitrogens with one attached hydrogen (secondary N) is 2. The Morgan fingerprint density at radius 2 is 1.78 bits per heavy atom. The maximum atomic E-state index is 13.0. The predicted octanol–water partition coefficient (Wildman–Crippen LogP) is 2.28. The van der Waals surface area contributed by atoms with Crippen LogP contribution in [0.2, 0.25) is 0 Å². The van der Waals surface area contributed by atoms with E-state index < -0.39 is 0 Å². The van der Waals surface area contributed by atoms with Crippen molar-refractivity contribution in [2.75, 3.05) is 18.9 Å². The molecule has 0 aliphatic carbocycles. The summed E-state index contributed by atoms with van der Waals surface area (Å²) in [4.78, 5) is 13.5. The number of halogens is 1. The van der Waals surface area contributed by atoms with Gasteiger partial charge in [0.1, 0.15) is 18.2 Å². The molecule has 2 N–H and O–H groups in total. The Balaban J connectivity index is 1.65. The van der Waals surface area contributed by atoms with Gasteiger partial charge in [-0.15, -0.1) is 0 Å². The van der Waals surface area contributed by atoms with Crippen LogP contribution in [0.1, 0.15) is 16.8 Å². The first-order chi connectivity index (χ1) is 12.9. The molecule has 140 valence electrons. The maximum Gasteiger partial charge on any atom is 0.280 e. The quantitative estimate of drug-likeness (QED) is 0.702. The van der Waals surface area contributed by atoms with Gasteiger partial charge in [-0.05, 0) is 38.1 Å². The monoisotopic (exact) mass is 367 g/mol. The van der Waals surface area contributed by atoms with E-state index in [0.717, 1.165) is 21.8 Å². The number of likely N-dealkylation sites (N-methyl/N-ethyl adjacent to an activating group) is 1. The number of carbonyl (C=O) groups is 1. The lowest BCUT2D eigenvalue weighted by atomic mass is 10.2. The summed E-state index contributed by atoms with van der Waals surface area (Å²) in [5.41, 5.74) is 3.88. The van der Waals surface area contributed by atoms with Crippen LogP contribution in [0.25, 0.3) is 5.69 Å². The Kier molecular flexibility index (Phi) is 5.66. The third-order valence-corrected chi connectivity index (χ3v) is 4.26. The van der Waals surface area contributed by atoms with Gasteiger partial charge in [-0.2, -0.15) is 5.10 Å². The van der Waals surface area contributed by atoms with E-state index in [9.17, 15) is 9.18 Å². The number of amides is 1. The van der Waals surface area contributed by atoms with Crippen molar-refractivity contribution in [3.63, 3.8) is 0 Å². The molecule has 0 fully saturated rings. The molecule has 0 saturated carbocycles. The normalized spacial score (nSPS) is 12.0. The van der Waals surface area contributed by atoms with Crippen molar-refractivity contribution in [3.05, 3.63) is 77.2 Å². The highest BCUT2D eigenvalue weighted by Crippen LogP contribution is 2.17. The number of quaternary nitrogens is 1. The molecule has 6 heteroatoms. The van der Waals surface area contributed by atoms with Crippen molar-refractivity contribution in [1.82, 2.24) is 9.78 Å². The highest BCUT2D eigenvalue weighted by atomic mass is 19.1. The van der Waals surface area contributed by atoms with Crippen molar-refractivity contribution in [1.29, 1.82) is 0 Å². The molecule has 0 bridgehead atoms. The molecule has 0 saturated heterocycles. The number of hydrogen-bond donors (Lipinski definition) is 2. The van der Waals surface area contributed by atoms with E-state index in [1.165, 1.54) is 17.7 Å². The van der Waals surface area contributed by atoms with Crippen LogP contribution in [0.4, 0.5) is 10.2 Å². The van der Waals surface area contributed by atoms with Crippen molar-refractivity contribution in [2.24, 2.45) is 0 Å². The van der Waals surface area contributed by atoms with Crippen LogP contribution < -0.4 is 10.2 Å². The van der Waals surface area contributed by atoms with E-state index in [1.54, 1.807) is 16.8 Å². The highest BCUT2D eigenvalue weighted by Gasteiger charge is 2.15. The van der Waals surface area contributed by atoms with Crippen LogP contribution in [-0.2, 0) is 11.3 Å². The second-order valence-corrected chi connectivity index (χ2v) is 6.90.